The summed E-state index contributed by atoms with van der Waals surface area (Å²) in [4.78, 5) is 16.8. The first-order valence-electron chi connectivity index (χ1n) is 8.67. The molecule has 0 spiro atoms. The van der Waals surface area contributed by atoms with Crippen LogP contribution in [0.15, 0.2) is 66.9 Å². The van der Waals surface area contributed by atoms with Crippen LogP contribution < -0.4 is 15.4 Å². The predicted octanol–water partition coefficient (Wildman–Crippen LogP) is 4.97. The summed E-state index contributed by atoms with van der Waals surface area (Å²) in [6, 6.07) is 14.9. The molecule has 2 N–H and O–H groups in total. The molecule has 0 fully saturated rings. The largest absolute Gasteiger partial charge is 0.497 e. The minimum absolute atomic E-state index is 0.255. The highest BCUT2D eigenvalue weighted by Gasteiger charge is 2.30. The van der Waals surface area contributed by atoms with E-state index in [1.54, 1.807) is 25.4 Å². The number of aromatic nitrogens is 1. The third-order valence-corrected chi connectivity index (χ3v) is 4.12. The highest BCUT2D eigenvalue weighted by molar-refractivity contribution is 6.07. The van der Waals surface area contributed by atoms with E-state index in [0.717, 1.165) is 17.7 Å². The van der Waals surface area contributed by atoms with Crippen LogP contribution >= 0.6 is 0 Å². The second-order valence-electron chi connectivity index (χ2n) is 6.13. The Kier molecular flexibility index (Phi) is 6.01. The lowest BCUT2D eigenvalue weighted by Crippen LogP contribution is -2.16. The molecule has 1 heterocycles. The zero-order valence-electron chi connectivity index (χ0n) is 15.5. The maximum absolute atomic E-state index is 12.7. The van der Waals surface area contributed by atoms with Crippen LogP contribution in [0.25, 0.3) is 0 Å². The van der Waals surface area contributed by atoms with Gasteiger partial charge < -0.3 is 15.4 Å². The van der Waals surface area contributed by atoms with Crippen molar-refractivity contribution >= 4 is 17.4 Å². The Labute approximate surface area is 165 Å². The van der Waals surface area contributed by atoms with Gasteiger partial charge in [-0.2, -0.15) is 13.2 Å². The number of carbonyl (C=O) groups is 1. The van der Waals surface area contributed by atoms with E-state index in [1.807, 2.05) is 24.3 Å². The summed E-state index contributed by atoms with van der Waals surface area (Å²) in [7, 11) is 1.58. The molecule has 0 bridgehead atoms. The highest BCUT2D eigenvalue weighted by atomic mass is 19.4. The van der Waals surface area contributed by atoms with Gasteiger partial charge in [0.15, 0.2) is 0 Å². The number of amides is 1. The number of rotatable bonds is 6. The molecule has 150 valence electrons. The van der Waals surface area contributed by atoms with Crippen LogP contribution in [0.4, 0.5) is 24.7 Å². The van der Waals surface area contributed by atoms with Gasteiger partial charge in [0.05, 0.1) is 18.2 Å². The monoisotopic (exact) mass is 401 g/mol. The maximum atomic E-state index is 12.7. The van der Waals surface area contributed by atoms with E-state index in [1.165, 1.54) is 12.1 Å². The van der Waals surface area contributed by atoms with Crippen molar-refractivity contribution in [2.75, 3.05) is 17.7 Å². The van der Waals surface area contributed by atoms with Crippen molar-refractivity contribution in [2.24, 2.45) is 0 Å². The van der Waals surface area contributed by atoms with Gasteiger partial charge in [-0.1, -0.05) is 12.1 Å². The minimum atomic E-state index is -4.43. The van der Waals surface area contributed by atoms with Crippen LogP contribution in [0.5, 0.6) is 5.75 Å². The third kappa shape index (κ3) is 5.25. The standard InChI is InChI=1S/C21H18F3N3O2/c1-29-17-5-2-4-14(12-17)13-26-19-18(6-3-11-25-19)20(28)27-16-9-7-15(8-10-16)21(22,23)24/h2-12H,13H2,1H3,(H,25,26)(H,27,28). The van der Waals surface area contributed by atoms with Crippen LogP contribution in [0.3, 0.4) is 0 Å². The van der Waals surface area contributed by atoms with E-state index in [4.69, 9.17) is 4.74 Å². The van der Waals surface area contributed by atoms with Crippen molar-refractivity contribution in [3.63, 3.8) is 0 Å². The number of hydrogen-bond donors (Lipinski definition) is 2. The lowest BCUT2D eigenvalue weighted by molar-refractivity contribution is -0.137. The summed E-state index contributed by atoms with van der Waals surface area (Å²) in [5.41, 5.74) is 0.683. The maximum Gasteiger partial charge on any atom is 0.416 e. The lowest BCUT2D eigenvalue weighted by atomic mass is 10.1. The number of alkyl halides is 3. The van der Waals surface area contributed by atoms with Crippen molar-refractivity contribution in [1.29, 1.82) is 0 Å². The number of carbonyl (C=O) groups excluding carboxylic acids is 1. The van der Waals surface area contributed by atoms with Gasteiger partial charge in [0.1, 0.15) is 11.6 Å². The summed E-state index contributed by atoms with van der Waals surface area (Å²) < 4.78 is 43.2. The number of pyridine rings is 1. The van der Waals surface area contributed by atoms with Gasteiger partial charge in [-0.25, -0.2) is 4.98 Å². The Morgan fingerprint density at radius 3 is 2.52 bits per heavy atom. The van der Waals surface area contributed by atoms with Crippen molar-refractivity contribution < 1.29 is 22.7 Å². The molecule has 29 heavy (non-hydrogen) atoms. The van der Waals surface area contributed by atoms with Crippen molar-refractivity contribution in [3.05, 3.63) is 83.6 Å². The Morgan fingerprint density at radius 2 is 1.83 bits per heavy atom. The molecular formula is C21H18F3N3O2. The number of benzene rings is 2. The normalized spacial score (nSPS) is 11.0. The number of nitrogens with zero attached hydrogens (tertiary/aromatic N) is 1. The van der Waals surface area contributed by atoms with Gasteiger partial charge in [-0.05, 0) is 54.1 Å². The van der Waals surface area contributed by atoms with Crippen molar-refractivity contribution in [3.8, 4) is 5.75 Å². The molecule has 3 aromatic rings. The number of nitrogens with one attached hydrogen (secondary N) is 2. The molecule has 0 saturated carbocycles. The number of anilines is 2. The molecule has 3 rings (SSSR count). The molecule has 0 aliphatic rings. The second kappa shape index (κ2) is 8.64. The van der Waals surface area contributed by atoms with Gasteiger partial charge in [0.2, 0.25) is 0 Å². The number of hydrogen-bond acceptors (Lipinski definition) is 4. The Bertz CT molecular complexity index is 989. The molecule has 0 atom stereocenters. The molecule has 0 radical (unpaired) electrons. The van der Waals surface area contributed by atoms with Crippen molar-refractivity contribution in [2.45, 2.75) is 12.7 Å². The zero-order valence-corrected chi connectivity index (χ0v) is 15.5. The first-order valence-corrected chi connectivity index (χ1v) is 8.67. The Hall–Kier alpha value is -3.55. The fourth-order valence-electron chi connectivity index (χ4n) is 2.64. The molecule has 8 heteroatoms. The first kappa shape index (κ1) is 20.2. The first-order chi connectivity index (χ1) is 13.9. The van der Waals surface area contributed by atoms with Crippen LogP contribution in [-0.4, -0.2) is 18.0 Å². The van der Waals surface area contributed by atoms with E-state index in [0.29, 0.717) is 18.1 Å². The van der Waals surface area contributed by atoms with Gasteiger partial charge in [-0.3, -0.25) is 4.79 Å². The smallest absolute Gasteiger partial charge is 0.416 e. The van der Waals surface area contributed by atoms with Crippen molar-refractivity contribution in [1.82, 2.24) is 4.98 Å². The molecule has 0 aliphatic carbocycles. The molecule has 0 aliphatic heterocycles. The van der Waals surface area contributed by atoms with Crippen LogP contribution in [0, 0.1) is 0 Å². The molecule has 0 unspecified atom stereocenters. The second-order valence-corrected chi connectivity index (χ2v) is 6.13. The number of ether oxygens (including phenoxy) is 1. The average Bonchev–Trinajstić information content (AvgIpc) is 2.72. The lowest BCUT2D eigenvalue weighted by Gasteiger charge is -2.12. The van der Waals surface area contributed by atoms with Gasteiger partial charge in [-0.15, -0.1) is 0 Å². The molecule has 1 aromatic heterocycles. The summed E-state index contributed by atoms with van der Waals surface area (Å²) in [6.07, 6.45) is -2.88. The fraction of sp³-hybridized carbons (Fsp3) is 0.143. The summed E-state index contributed by atoms with van der Waals surface area (Å²) in [5.74, 6) is 0.594. The number of methoxy groups -OCH3 is 1. The van der Waals surface area contributed by atoms with Gasteiger partial charge in [0, 0.05) is 18.4 Å². The quantitative estimate of drug-likeness (QED) is 0.612. The summed E-state index contributed by atoms with van der Waals surface area (Å²) in [5, 5.41) is 5.69. The minimum Gasteiger partial charge on any atom is -0.497 e. The van der Waals surface area contributed by atoms with Crippen LogP contribution in [-0.2, 0) is 12.7 Å². The summed E-state index contributed by atoms with van der Waals surface area (Å²) >= 11 is 0. The van der Waals surface area contributed by atoms with Crippen LogP contribution in [0.2, 0.25) is 0 Å². The Morgan fingerprint density at radius 1 is 1.07 bits per heavy atom. The molecule has 5 nitrogen and oxygen atoms in total. The van der Waals surface area contributed by atoms with Gasteiger partial charge >= 0.3 is 6.18 Å². The van der Waals surface area contributed by atoms with E-state index >= 15 is 0 Å². The van der Waals surface area contributed by atoms with E-state index in [2.05, 4.69) is 15.6 Å². The SMILES string of the molecule is COc1cccc(CNc2ncccc2C(=O)Nc2ccc(C(F)(F)F)cc2)c1. The molecule has 2 aromatic carbocycles. The van der Waals surface area contributed by atoms with E-state index in [-0.39, 0.29) is 11.3 Å². The number of halogens is 3. The van der Waals surface area contributed by atoms with E-state index in [9.17, 15) is 18.0 Å². The van der Waals surface area contributed by atoms with Gasteiger partial charge in [0.25, 0.3) is 5.91 Å². The third-order valence-electron chi connectivity index (χ3n) is 4.12. The highest BCUT2D eigenvalue weighted by Crippen LogP contribution is 2.30. The fourth-order valence-corrected chi connectivity index (χ4v) is 2.64. The topological polar surface area (TPSA) is 63.2 Å². The van der Waals surface area contributed by atoms with E-state index < -0.39 is 17.6 Å². The predicted molar refractivity (Wildman–Crippen MR) is 104 cm³/mol. The average molecular weight is 401 g/mol. The molecule has 1 amide bonds. The Balaban J connectivity index is 1.71. The van der Waals surface area contributed by atoms with Crippen LogP contribution in [0.1, 0.15) is 21.5 Å². The molecular weight excluding hydrogens is 383 g/mol. The summed E-state index contributed by atoms with van der Waals surface area (Å²) in [6.45, 7) is 0.411. The zero-order chi connectivity index (χ0) is 20.9. The molecule has 0 saturated heterocycles.